The Morgan fingerprint density at radius 3 is 2.90 bits per heavy atom. The standard InChI is InChI=1S/C5H7N3OS/c1-3-2-7-5(9)8(10)4(3)6/h2,10H,6H2,1H3. The third-order valence-corrected chi connectivity index (χ3v) is 1.57. The third-order valence-electron chi connectivity index (χ3n) is 1.18. The van der Waals surface area contributed by atoms with Gasteiger partial charge in [0.05, 0.1) is 0 Å². The van der Waals surface area contributed by atoms with Crippen LogP contribution in [-0.2, 0) is 0 Å². The van der Waals surface area contributed by atoms with Gasteiger partial charge in [-0.3, -0.25) is 0 Å². The highest BCUT2D eigenvalue weighted by Gasteiger charge is 1.98. The molecule has 54 valence electrons. The van der Waals surface area contributed by atoms with Crippen LogP contribution in [0.2, 0.25) is 0 Å². The summed E-state index contributed by atoms with van der Waals surface area (Å²) in [6.07, 6.45) is 1.42. The second-order valence-corrected chi connectivity index (χ2v) is 2.32. The molecule has 0 radical (unpaired) electrons. The predicted octanol–water partition coefficient (Wildman–Crippen LogP) is -0.173. The van der Waals surface area contributed by atoms with Crippen molar-refractivity contribution < 1.29 is 0 Å². The highest BCUT2D eigenvalue weighted by molar-refractivity contribution is 7.78. The third kappa shape index (κ3) is 0.995. The van der Waals surface area contributed by atoms with Crippen LogP contribution in [0.25, 0.3) is 0 Å². The van der Waals surface area contributed by atoms with Crippen molar-refractivity contribution in [2.75, 3.05) is 5.73 Å². The van der Waals surface area contributed by atoms with E-state index in [-0.39, 0.29) is 0 Å². The normalized spacial score (nSPS) is 9.80. The van der Waals surface area contributed by atoms with E-state index in [4.69, 9.17) is 5.73 Å². The van der Waals surface area contributed by atoms with Gasteiger partial charge in [-0.1, -0.05) is 12.8 Å². The van der Waals surface area contributed by atoms with Gasteiger partial charge in [-0.2, -0.15) is 0 Å². The predicted molar refractivity (Wildman–Crippen MR) is 42.0 cm³/mol. The molecule has 0 bridgehead atoms. The van der Waals surface area contributed by atoms with Gasteiger partial charge in [-0.05, 0) is 6.92 Å². The maximum Gasteiger partial charge on any atom is 0.359 e. The largest absolute Gasteiger partial charge is 0.384 e. The van der Waals surface area contributed by atoms with Crippen molar-refractivity contribution in [3.63, 3.8) is 0 Å². The number of nitrogens with two attached hydrogens (primary N) is 1. The van der Waals surface area contributed by atoms with Crippen molar-refractivity contribution in [3.05, 3.63) is 22.2 Å². The van der Waals surface area contributed by atoms with Crippen LogP contribution < -0.4 is 11.4 Å². The maximum atomic E-state index is 10.7. The van der Waals surface area contributed by atoms with Crippen LogP contribution >= 0.6 is 12.8 Å². The van der Waals surface area contributed by atoms with Gasteiger partial charge in [0, 0.05) is 11.8 Å². The number of thiol groups is 1. The van der Waals surface area contributed by atoms with Crippen LogP contribution in [0.1, 0.15) is 5.56 Å². The van der Waals surface area contributed by atoms with E-state index < -0.39 is 5.69 Å². The number of aryl methyl sites for hydroxylation is 1. The van der Waals surface area contributed by atoms with Crippen LogP contribution in [0.15, 0.2) is 11.0 Å². The smallest absolute Gasteiger partial charge is 0.359 e. The molecular weight excluding hydrogens is 150 g/mol. The van der Waals surface area contributed by atoms with E-state index in [2.05, 4.69) is 17.8 Å². The molecular formula is C5H7N3OS. The molecule has 0 aliphatic rings. The molecule has 0 unspecified atom stereocenters. The molecule has 0 spiro atoms. The zero-order valence-corrected chi connectivity index (χ0v) is 6.30. The van der Waals surface area contributed by atoms with Crippen molar-refractivity contribution in [2.45, 2.75) is 6.92 Å². The average molecular weight is 157 g/mol. The molecule has 0 saturated carbocycles. The highest BCUT2D eigenvalue weighted by Crippen LogP contribution is 2.04. The topological polar surface area (TPSA) is 60.9 Å². The Hall–Kier alpha value is -0.970. The summed E-state index contributed by atoms with van der Waals surface area (Å²) >= 11 is 3.80. The molecule has 10 heavy (non-hydrogen) atoms. The Bertz CT molecular complexity index is 306. The first-order valence-electron chi connectivity index (χ1n) is 2.66. The minimum Gasteiger partial charge on any atom is -0.384 e. The first-order valence-corrected chi connectivity index (χ1v) is 3.06. The van der Waals surface area contributed by atoms with Crippen LogP contribution in [0, 0.1) is 6.92 Å². The summed E-state index contributed by atoms with van der Waals surface area (Å²) in [4.78, 5) is 14.2. The summed E-state index contributed by atoms with van der Waals surface area (Å²) in [7, 11) is 0. The van der Waals surface area contributed by atoms with Crippen LogP contribution in [0.4, 0.5) is 5.82 Å². The summed E-state index contributed by atoms with van der Waals surface area (Å²) in [5.41, 5.74) is 5.72. The van der Waals surface area contributed by atoms with E-state index >= 15 is 0 Å². The molecule has 0 atom stereocenters. The lowest BCUT2D eigenvalue weighted by Crippen LogP contribution is -2.19. The Labute approximate surface area is 63.2 Å². The Balaban J connectivity index is 3.49. The number of nitrogen functional groups attached to an aromatic ring is 1. The Morgan fingerprint density at radius 2 is 2.40 bits per heavy atom. The maximum absolute atomic E-state index is 10.7. The van der Waals surface area contributed by atoms with Gasteiger partial charge in [0.15, 0.2) is 0 Å². The van der Waals surface area contributed by atoms with E-state index in [0.29, 0.717) is 5.82 Å². The molecule has 2 N–H and O–H groups in total. The zero-order valence-electron chi connectivity index (χ0n) is 5.40. The van der Waals surface area contributed by atoms with Gasteiger partial charge in [-0.25, -0.2) is 13.8 Å². The fourth-order valence-corrected chi connectivity index (χ4v) is 0.752. The molecule has 5 heteroatoms. The van der Waals surface area contributed by atoms with Crippen molar-refractivity contribution in [2.24, 2.45) is 0 Å². The van der Waals surface area contributed by atoms with Gasteiger partial charge >= 0.3 is 5.69 Å². The SMILES string of the molecule is Cc1cnc(=O)n(S)c1N. The molecule has 4 nitrogen and oxygen atoms in total. The average Bonchev–Trinajstić information content (AvgIpc) is 1.93. The van der Waals surface area contributed by atoms with Gasteiger partial charge < -0.3 is 5.73 Å². The van der Waals surface area contributed by atoms with Crippen LogP contribution in [0.5, 0.6) is 0 Å². The summed E-state index contributed by atoms with van der Waals surface area (Å²) < 4.78 is 1.01. The molecule has 1 aromatic rings. The second-order valence-electron chi connectivity index (χ2n) is 1.92. The fraction of sp³-hybridized carbons (Fsp3) is 0.200. The van der Waals surface area contributed by atoms with E-state index in [1.165, 1.54) is 6.20 Å². The number of hydrogen-bond donors (Lipinski definition) is 2. The monoisotopic (exact) mass is 157 g/mol. The Kier molecular flexibility index (Phi) is 1.67. The molecule has 0 aromatic carbocycles. The molecule has 1 rings (SSSR count). The van der Waals surface area contributed by atoms with Crippen molar-refractivity contribution in [1.29, 1.82) is 0 Å². The highest BCUT2D eigenvalue weighted by atomic mass is 32.1. The van der Waals surface area contributed by atoms with Gasteiger partial charge in [0.2, 0.25) is 0 Å². The van der Waals surface area contributed by atoms with Crippen molar-refractivity contribution >= 4 is 18.6 Å². The number of nitrogens with zero attached hydrogens (tertiary/aromatic N) is 2. The molecule has 0 saturated heterocycles. The quantitative estimate of drug-likeness (QED) is 0.514. The lowest BCUT2D eigenvalue weighted by Gasteiger charge is -2.01. The summed E-state index contributed by atoms with van der Waals surface area (Å²) in [6, 6.07) is 0. The second kappa shape index (κ2) is 2.34. The first kappa shape index (κ1) is 7.14. The number of aromatic nitrogens is 2. The lowest BCUT2D eigenvalue weighted by molar-refractivity contribution is 1.02. The van der Waals surface area contributed by atoms with Gasteiger partial charge in [0.1, 0.15) is 5.82 Å². The van der Waals surface area contributed by atoms with Crippen molar-refractivity contribution in [1.82, 2.24) is 8.96 Å². The lowest BCUT2D eigenvalue weighted by atomic mass is 10.4. The van der Waals surface area contributed by atoms with E-state index in [9.17, 15) is 4.79 Å². The number of anilines is 1. The minimum absolute atomic E-state index is 0.336. The summed E-state index contributed by atoms with van der Waals surface area (Å²) in [5.74, 6) is 0.336. The summed E-state index contributed by atoms with van der Waals surface area (Å²) in [5, 5.41) is 0. The minimum atomic E-state index is -0.452. The number of rotatable bonds is 0. The first-order chi connectivity index (χ1) is 4.63. The molecule has 0 fully saturated rings. The zero-order chi connectivity index (χ0) is 7.72. The van der Waals surface area contributed by atoms with E-state index in [1.54, 1.807) is 6.92 Å². The molecule has 0 aliphatic carbocycles. The molecule has 0 amide bonds. The molecule has 0 aliphatic heterocycles. The Morgan fingerprint density at radius 1 is 1.80 bits per heavy atom. The van der Waals surface area contributed by atoms with E-state index in [0.717, 1.165) is 9.54 Å². The van der Waals surface area contributed by atoms with Gasteiger partial charge in [-0.15, -0.1) is 0 Å². The van der Waals surface area contributed by atoms with Crippen molar-refractivity contribution in [3.8, 4) is 0 Å². The van der Waals surface area contributed by atoms with Crippen LogP contribution in [0.3, 0.4) is 0 Å². The van der Waals surface area contributed by atoms with E-state index in [1.807, 2.05) is 0 Å². The molecule has 1 heterocycles. The van der Waals surface area contributed by atoms with Crippen LogP contribution in [-0.4, -0.2) is 8.96 Å². The molecule has 1 aromatic heterocycles. The number of hydrogen-bond acceptors (Lipinski definition) is 4. The summed E-state index contributed by atoms with van der Waals surface area (Å²) in [6.45, 7) is 1.76. The van der Waals surface area contributed by atoms with Gasteiger partial charge in [0.25, 0.3) is 0 Å². The fourth-order valence-electron chi connectivity index (χ4n) is 0.543.